The van der Waals surface area contributed by atoms with Crippen molar-refractivity contribution < 1.29 is 9.53 Å². The van der Waals surface area contributed by atoms with Gasteiger partial charge in [0, 0.05) is 0 Å². The van der Waals surface area contributed by atoms with Gasteiger partial charge in [0.1, 0.15) is 5.60 Å². The third-order valence-electron chi connectivity index (χ3n) is 1.09. The monoisotopic (exact) mass is 176 g/mol. The summed E-state index contributed by atoms with van der Waals surface area (Å²) in [7, 11) is 0. The van der Waals surface area contributed by atoms with E-state index in [9.17, 15) is 4.79 Å². The molecule has 11 heavy (non-hydrogen) atoms. The molecule has 0 aromatic carbocycles. The average molecular weight is 176 g/mol. The Kier molecular flexibility index (Phi) is 3.93. The van der Waals surface area contributed by atoms with Crippen LogP contribution in [0.3, 0.4) is 0 Å². The van der Waals surface area contributed by atoms with Gasteiger partial charge >= 0.3 is 5.97 Å². The fourth-order valence-electron chi connectivity index (χ4n) is 0.481. The summed E-state index contributed by atoms with van der Waals surface area (Å²) in [6.07, 6.45) is 1.90. The number of carbonyl (C=O) groups is 1. The Bertz CT molecular complexity index is 138. The average Bonchev–Trinajstić information content (AvgIpc) is 1.82. The Balaban J connectivity index is 3.88. The van der Waals surface area contributed by atoms with Crippen LogP contribution < -0.4 is 0 Å². The van der Waals surface area contributed by atoms with Crippen LogP contribution >= 0.6 is 11.8 Å². The SMILES string of the molecule is CSC(C)C(=O)OC(C)(C)C. The van der Waals surface area contributed by atoms with Crippen LogP contribution in [0, 0.1) is 0 Å². The first-order valence-corrected chi connectivity index (χ1v) is 4.91. The summed E-state index contributed by atoms with van der Waals surface area (Å²) in [5, 5.41) is -0.0609. The molecule has 0 aromatic heterocycles. The fourth-order valence-corrected chi connectivity index (χ4v) is 0.722. The molecule has 0 amide bonds. The van der Waals surface area contributed by atoms with Gasteiger partial charge in [-0.05, 0) is 34.0 Å². The van der Waals surface area contributed by atoms with Crippen molar-refractivity contribution in [2.75, 3.05) is 6.26 Å². The summed E-state index contributed by atoms with van der Waals surface area (Å²) in [6.45, 7) is 7.46. The molecule has 0 N–H and O–H groups in total. The Morgan fingerprint density at radius 1 is 1.45 bits per heavy atom. The predicted octanol–water partition coefficient (Wildman–Crippen LogP) is 2.08. The summed E-state index contributed by atoms with van der Waals surface area (Å²) in [5.74, 6) is -0.134. The topological polar surface area (TPSA) is 26.3 Å². The van der Waals surface area contributed by atoms with E-state index in [4.69, 9.17) is 4.74 Å². The van der Waals surface area contributed by atoms with E-state index >= 15 is 0 Å². The lowest BCUT2D eigenvalue weighted by Crippen LogP contribution is -2.28. The van der Waals surface area contributed by atoms with Crippen LogP contribution in [-0.2, 0) is 9.53 Å². The zero-order valence-electron chi connectivity index (χ0n) is 7.80. The number of thioether (sulfide) groups is 1. The van der Waals surface area contributed by atoms with E-state index in [1.807, 2.05) is 34.0 Å². The lowest BCUT2D eigenvalue weighted by Gasteiger charge is -2.21. The van der Waals surface area contributed by atoms with E-state index in [0.29, 0.717) is 0 Å². The van der Waals surface area contributed by atoms with Gasteiger partial charge in [0.2, 0.25) is 0 Å². The maximum absolute atomic E-state index is 11.1. The van der Waals surface area contributed by atoms with Crippen molar-refractivity contribution in [2.45, 2.75) is 38.5 Å². The van der Waals surface area contributed by atoms with Crippen LogP contribution in [-0.4, -0.2) is 23.1 Å². The Hall–Kier alpha value is -0.180. The fraction of sp³-hybridized carbons (Fsp3) is 0.875. The molecule has 3 heteroatoms. The van der Waals surface area contributed by atoms with Crippen molar-refractivity contribution >= 4 is 17.7 Å². The van der Waals surface area contributed by atoms with E-state index in [2.05, 4.69) is 0 Å². The van der Waals surface area contributed by atoms with Crippen LogP contribution in [0.15, 0.2) is 0 Å². The molecule has 2 nitrogen and oxygen atoms in total. The number of ether oxygens (including phenoxy) is 1. The number of hydrogen-bond donors (Lipinski definition) is 0. The maximum Gasteiger partial charge on any atom is 0.319 e. The first-order valence-electron chi connectivity index (χ1n) is 3.62. The van der Waals surface area contributed by atoms with Crippen LogP contribution in [0.1, 0.15) is 27.7 Å². The lowest BCUT2D eigenvalue weighted by molar-refractivity contribution is -0.153. The van der Waals surface area contributed by atoms with Crippen LogP contribution in [0.5, 0.6) is 0 Å². The molecule has 0 spiro atoms. The van der Waals surface area contributed by atoms with Crippen LogP contribution in [0.25, 0.3) is 0 Å². The van der Waals surface area contributed by atoms with Crippen molar-refractivity contribution in [2.24, 2.45) is 0 Å². The molecule has 0 saturated heterocycles. The predicted molar refractivity (Wildman–Crippen MR) is 48.8 cm³/mol. The molecule has 0 aliphatic rings. The van der Waals surface area contributed by atoms with Gasteiger partial charge in [0.25, 0.3) is 0 Å². The van der Waals surface area contributed by atoms with Crippen molar-refractivity contribution in [3.05, 3.63) is 0 Å². The first-order chi connectivity index (χ1) is 4.87. The zero-order valence-corrected chi connectivity index (χ0v) is 8.62. The van der Waals surface area contributed by atoms with E-state index in [-0.39, 0.29) is 16.8 Å². The Morgan fingerprint density at radius 3 is 2.18 bits per heavy atom. The highest BCUT2D eigenvalue weighted by Crippen LogP contribution is 2.13. The van der Waals surface area contributed by atoms with Gasteiger partial charge in [-0.25, -0.2) is 0 Å². The molecule has 0 saturated carbocycles. The van der Waals surface area contributed by atoms with E-state index < -0.39 is 0 Å². The molecule has 1 unspecified atom stereocenters. The highest BCUT2D eigenvalue weighted by molar-refractivity contribution is 7.99. The molecular weight excluding hydrogens is 160 g/mol. The third-order valence-corrected chi connectivity index (χ3v) is 1.99. The van der Waals surface area contributed by atoms with E-state index in [1.165, 1.54) is 11.8 Å². The second-order valence-electron chi connectivity index (χ2n) is 3.41. The minimum Gasteiger partial charge on any atom is -0.459 e. The molecule has 0 aliphatic carbocycles. The molecule has 0 fully saturated rings. The second kappa shape index (κ2) is 4.00. The van der Waals surface area contributed by atoms with Crippen molar-refractivity contribution in [1.29, 1.82) is 0 Å². The minimum absolute atomic E-state index is 0.0609. The van der Waals surface area contributed by atoms with Gasteiger partial charge in [0.05, 0.1) is 5.25 Å². The summed E-state index contributed by atoms with van der Waals surface area (Å²) in [6, 6.07) is 0. The number of rotatable bonds is 2. The summed E-state index contributed by atoms with van der Waals surface area (Å²) < 4.78 is 5.13. The molecule has 0 bridgehead atoms. The smallest absolute Gasteiger partial charge is 0.319 e. The molecule has 1 atom stereocenters. The highest BCUT2D eigenvalue weighted by Gasteiger charge is 2.20. The zero-order chi connectivity index (χ0) is 9.07. The van der Waals surface area contributed by atoms with Crippen LogP contribution in [0.2, 0.25) is 0 Å². The van der Waals surface area contributed by atoms with Gasteiger partial charge in [-0.3, -0.25) is 4.79 Å². The van der Waals surface area contributed by atoms with Crippen molar-refractivity contribution in [1.82, 2.24) is 0 Å². The summed E-state index contributed by atoms with van der Waals surface area (Å²) in [5.41, 5.74) is -0.360. The molecule has 0 aromatic rings. The Morgan fingerprint density at radius 2 is 1.91 bits per heavy atom. The van der Waals surface area contributed by atoms with Crippen molar-refractivity contribution in [3.63, 3.8) is 0 Å². The van der Waals surface area contributed by atoms with Crippen LogP contribution in [0.4, 0.5) is 0 Å². The second-order valence-corrected chi connectivity index (χ2v) is 4.59. The number of hydrogen-bond acceptors (Lipinski definition) is 3. The van der Waals surface area contributed by atoms with Gasteiger partial charge in [0.15, 0.2) is 0 Å². The standard InChI is InChI=1S/C8H16O2S/c1-6(11-5)7(9)10-8(2,3)4/h6H,1-5H3. The van der Waals surface area contributed by atoms with Gasteiger partial charge in [-0.2, -0.15) is 11.8 Å². The highest BCUT2D eigenvalue weighted by atomic mass is 32.2. The van der Waals surface area contributed by atoms with Gasteiger partial charge in [-0.1, -0.05) is 0 Å². The minimum atomic E-state index is -0.360. The van der Waals surface area contributed by atoms with E-state index in [1.54, 1.807) is 0 Å². The normalized spacial score (nSPS) is 14.3. The summed E-state index contributed by atoms with van der Waals surface area (Å²) >= 11 is 1.50. The first kappa shape index (κ1) is 10.8. The molecule has 0 heterocycles. The lowest BCUT2D eigenvalue weighted by atomic mass is 10.2. The quantitative estimate of drug-likeness (QED) is 0.603. The number of carbonyl (C=O) groups excluding carboxylic acids is 1. The van der Waals surface area contributed by atoms with Gasteiger partial charge < -0.3 is 4.74 Å². The Labute approximate surface area is 72.7 Å². The maximum atomic E-state index is 11.1. The molecule has 66 valence electrons. The van der Waals surface area contributed by atoms with E-state index in [0.717, 1.165) is 0 Å². The molecular formula is C8H16O2S. The largest absolute Gasteiger partial charge is 0.459 e. The number of esters is 1. The summed E-state index contributed by atoms with van der Waals surface area (Å²) in [4.78, 5) is 11.1. The molecule has 0 rings (SSSR count). The van der Waals surface area contributed by atoms with Gasteiger partial charge in [-0.15, -0.1) is 0 Å². The third kappa shape index (κ3) is 5.13. The molecule has 0 aliphatic heterocycles. The van der Waals surface area contributed by atoms with Crippen molar-refractivity contribution in [3.8, 4) is 0 Å². The molecule has 0 radical (unpaired) electrons.